The van der Waals surface area contributed by atoms with Crippen LogP contribution in [0.2, 0.25) is 5.02 Å². The molecule has 1 aromatic heterocycles. The molecular weight excluding hydrogens is 394 g/mol. The van der Waals surface area contributed by atoms with Gasteiger partial charge >= 0.3 is 5.97 Å². The third kappa shape index (κ3) is 4.11. The molecule has 154 valence electrons. The van der Waals surface area contributed by atoms with Crippen LogP contribution in [-0.2, 0) is 4.74 Å². The molecule has 1 aromatic carbocycles. The number of hydrogen-bond donors (Lipinski definition) is 2. The van der Waals surface area contributed by atoms with Crippen LogP contribution in [-0.4, -0.2) is 48.5 Å². The molecule has 4 rings (SSSR count). The molecule has 0 bridgehead atoms. The molecule has 1 saturated heterocycles. The van der Waals surface area contributed by atoms with E-state index < -0.39 is 12.1 Å². The maximum Gasteiger partial charge on any atom is 0.337 e. The Balaban J connectivity index is 1.42. The summed E-state index contributed by atoms with van der Waals surface area (Å²) in [7, 11) is 1.35. The van der Waals surface area contributed by atoms with Crippen LogP contribution in [0.1, 0.15) is 23.2 Å². The number of carbonyl (C=O) groups is 1. The minimum Gasteiger partial charge on any atom is -0.488 e. The number of nitrogen functional groups attached to an aromatic ring is 1. The third-order valence-electron chi connectivity index (χ3n) is 5.81. The van der Waals surface area contributed by atoms with E-state index >= 15 is 0 Å². The van der Waals surface area contributed by atoms with E-state index in [1.54, 1.807) is 36.5 Å². The maximum absolute atomic E-state index is 11.6. The van der Waals surface area contributed by atoms with E-state index in [9.17, 15) is 9.90 Å². The second-order valence-electron chi connectivity index (χ2n) is 7.70. The highest BCUT2D eigenvalue weighted by atomic mass is 35.5. The third-order valence-corrected chi connectivity index (χ3v) is 6.02. The number of nitrogens with zero attached hydrogens (tertiary/aromatic N) is 2. The van der Waals surface area contributed by atoms with Gasteiger partial charge in [-0.2, -0.15) is 0 Å². The number of anilines is 2. The molecule has 1 aliphatic carbocycles. The lowest BCUT2D eigenvalue weighted by Gasteiger charge is -2.35. The summed E-state index contributed by atoms with van der Waals surface area (Å²) in [5.74, 6) is 1.73. The van der Waals surface area contributed by atoms with Crippen LogP contribution < -0.4 is 15.4 Å². The van der Waals surface area contributed by atoms with Gasteiger partial charge in [-0.15, -0.1) is 0 Å². The molecule has 1 saturated carbocycles. The Hall–Kier alpha value is -2.51. The Morgan fingerprint density at radius 2 is 1.93 bits per heavy atom. The second-order valence-corrected chi connectivity index (χ2v) is 8.14. The average Bonchev–Trinajstić information content (AvgIpc) is 3.10. The summed E-state index contributed by atoms with van der Waals surface area (Å²) in [6.45, 7) is 1.62. The second kappa shape index (κ2) is 8.08. The molecule has 2 fully saturated rings. The van der Waals surface area contributed by atoms with Gasteiger partial charge in [0.25, 0.3) is 0 Å². The van der Waals surface area contributed by atoms with Gasteiger partial charge in [-0.25, -0.2) is 9.78 Å². The zero-order chi connectivity index (χ0) is 20.5. The number of pyridine rings is 1. The molecule has 2 aromatic rings. The summed E-state index contributed by atoms with van der Waals surface area (Å²) < 4.78 is 10.8. The Labute approximate surface area is 174 Å². The van der Waals surface area contributed by atoms with E-state index in [4.69, 9.17) is 26.8 Å². The molecule has 7 nitrogen and oxygen atoms in total. The van der Waals surface area contributed by atoms with Crippen LogP contribution in [0.4, 0.5) is 11.5 Å². The Kier molecular flexibility index (Phi) is 5.52. The van der Waals surface area contributed by atoms with Gasteiger partial charge in [0.1, 0.15) is 11.9 Å². The summed E-state index contributed by atoms with van der Waals surface area (Å²) in [5.41, 5.74) is 7.12. The van der Waals surface area contributed by atoms with Crippen molar-refractivity contribution in [2.45, 2.75) is 25.0 Å². The van der Waals surface area contributed by atoms with E-state index in [0.29, 0.717) is 40.3 Å². The Morgan fingerprint density at radius 3 is 2.59 bits per heavy atom. The van der Waals surface area contributed by atoms with Crippen LogP contribution in [0.15, 0.2) is 36.5 Å². The van der Waals surface area contributed by atoms with Crippen molar-refractivity contribution in [3.8, 4) is 5.75 Å². The molecule has 1 aliphatic heterocycles. The highest BCUT2D eigenvalue weighted by Crippen LogP contribution is 2.40. The quantitative estimate of drug-likeness (QED) is 0.738. The number of rotatable bonds is 4. The van der Waals surface area contributed by atoms with Crippen LogP contribution in [0.5, 0.6) is 5.75 Å². The molecule has 4 atom stereocenters. The maximum atomic E-state index is 11.6. The molecule has 0 amide bonds. The van der Waals surface area contributed by atoms with Gasteiger partial charge in [0.2, 0.25) is 0 Å². The highest BCUT2D eigenvalue weighted by Gasteiger charge is 2.43. The van der Waals surface area contributed by atoms with E-state index in [0.717, 1.165) is 25.3 Å². The first-order valence-corrected chi connectivity index (χ1v) is 10.0. The van der Waals surface area contributed by atoms with Gasteiger partial charge < -0.3 is 25.2 Å². The number of esters is 1. The topological polar surface area (TPSA) is 97.9 Å². The first kappa shape index (κ1) is 19.8. The highest BCUT2D eigenvalue weighted by molar-refractivity contribution is 6.30. The number of aliphatic hydroxyl groups excluding tert-OH is 1. The minimum atomic E-state index is -0.549. The van der Waals surface area contributed by atoms with Gasteiger partial charge in [0.05, 0.1) is 29.5 Å². The number of benzene rings is 1. The summed E-state index contributed by atoms with van der Waals surface area (Å²) in [4.78, 5) is 18.1. The van der Waals surface area contributed by atoms with Gasteiger partial charge in [-0.1, -0.05) is 11.6 Å². The molecule has 2 heterocycles. The minimum absolute atomic E-state index is 0.296. The summed E-state index contributed by atoms with van der Waals surface area (Å²) >= 11 is 5.96. The Bertz CT molecular complexity index is 892. The normalized spacial score (nSPS) is 26.1. The molecule has 0 radical (unpaired) electrons. The number of hydrogen-bond acceptors (Lipinski definition) is 7. The van der Waals surface area contributed by atoms with Gasteiger partial charge in [0.15, 0.2) is 5.82 Å². The van der Waals surface area contributed by atoms with Crippen molar-refractivity contribution < 1.29 is 19.4 Å². The Morgan fingerprint density at radius 1 is 1.24 bits per heavy atom. The van der Waals surface area contributed by atoms with Crippen molar-refractivity contribution in [3.63, 3.8) is 0 Å². The number of methoxy groups -OCH3 is 1. The summed E-state index contributed by atoms with van der Waals surface area (Å²) in [6, 6.07) is 8.48. The van der Waals surface area contributed by atoms with Crippen LogP contribution in [0.25, 0.3) is 0 Å². The molecular formula is C21H24ClN3O4. The number of nitrogens with two attached hydrogens (primary N) is 1. The standard InChI is InChI=1S/C21H24ClN3O4/c1-28-21(27)12-2-4-16(5-3-12)29-19-7-14-11-25(10-13(14)6-18(19)26)20-17(23)8-15(22)9-24-20/h2-5,8-9,13-14,18-19,26H,6-7,10-11,23H2,1H3/t13-,14+,18+,19+/m0/s1. The van der Waals surface area contributed by atoms with E-state index in [1.807, 2.05) is 0 Å². The van der Waals surface area contributed by atoms with Crippen molar-refractivity contribution >= 4 is 29.1 Å². The van der Waals surface area contributed by atoms with Crippen LogP contribution in [0, 0.1) is 11.8 Å². The molecule has 8 heteroatoms. The largest absolute Gasteiger partial charge is 0.488 e. The summed E-state index contributed by atoms with van der Waals surface area (Å²) in [6.07, 6.45) is 2.17. The van der Waals surface area contributed by atoms with Crippen LogP contribution >= 0.6 is 11.6 Å². The van der Waals surface area contributed by atoms with E-state index in [2.05, 4.69) is 9.88 Å². The number of ether oxygens (including phenoxy) is 2. The lowest BCUT2D eigenvalue weighted by molar-refractivity contribution is -0.0231. The molecule has 0 unspecified atom stereocenters. The number of carbonyl (C=O) groups excluding carboxylic acids is 1. The fourth-order valence-electron chi connectivity index (χ4n) is 4.36. The van der Waals surface area contributed by atoms with Crippen molar-refractivity contribution in [2.75, 3.05) is 30.8 Å². The van der Waals surface area contributed by atoms with Gasteiger partial charge in [-0.05, 0) is 55.0 Å². The first-order valence-electron chi connectivity index (χ1n) is 9.63. The average molecular weight is 418 g/mol. The van der Waals surface area contributed by atoms with Crippen molar-refractivity contribution in [2.24, 2.45) is 11.8 Å². The van der Waals surface area contributed by atoms with Crippen molar-refractivity contribution in [1.29, 1.82) is 0 Å². The number of halogens is 1. The lowest BCUT2D eigenvalue weighted by atomic mass is 9.78. The van der Waals surface area contributed by atoms with Crippen molar-refractivity contribution in [1.82, 2.24) is 4.98 Å². The summed E-state index contributed by atoms with van der Waals surface area (Å²) in [5, 5.41) is 11.1. The monoisotopic (exact) mass is 417 g/mol. The van der Waals surface area contributed by atoms with E-state index in [-0.39, 0.29) is 6.10 Å². The van der Waals surface area contributed by atoms with E-state index in [1.165, 1.54) is 7.11 Å². The lowest BCUT2D eigenvalue weighted by Crippen LogP contribution is -2.42. The zero-order valence-corrected chi connectivity index (χ0v) is 16.9. The van der Waals surface area contributed by atoms with Gasteiger partial charge in [-0.3, -0.25) is 0 Å². The smallest absolute Gasteiger partial charge is 0.337 e. The zero-order valence-electron chi connectivity index (χ0n) is 16.1. The fourth-order valence-corrected chi connectivity index (χ4v) is 4.53. The predicted molar refractivity (Wildman–Crippen MR) is 110 cm³/mol. The van der Waals surface area contributed by atoms with Crippen LogP contribution in [0.3, 0.4) is 0 Å². The molecule has 29 heavy (non-hydrogen) atoms. The SMILES string of the molecule is COC(=O)c1ccc(O[C@@H]2C[C@@H]3CN(c4ncc(Cl)cc4N)C[C@@H]3C[C@H]2O)cc1. The molecule has 2 aliphatic rings. The van der Waals surface area contributed by atoms with Crippen molar-refractivity contribution in [3.05, 3.63) is 47.1 Å². The number of aliphatic hydroxyl groups is 1. The van der Waals surface area contributed by atoms with Gasteiger partial charge in [0, 0.05) is 19.3 Å². The predicted octanol–water partition coefficient (Wildman–Crippen LogP) is 2.76. The molecule has 3 N–H and O–H groups in total. The number of fused-ring (bicyclic) bond motifs is 1. The first-order chi connectivity index (χ1) is 13.9. The number of aromatic nitrogens is 1. The molecule has 0 spiro atoms. The fraction of sp³-hybridized carbons (Fsp3) is 0.429.